The molecule has 2 aromatic carbocycles. The summed E-state index contributed by atoms with van der Waals surface area (Å²) in [6.45, 7) is 6.72. The number of hydrogen-bond donors (Lipinski definition) is 1. The Labute approximate surface area is 215 Å². The molecule has 1 aliphatic heterocycles. The SMILES string of the molecule is COC(=O)c1ccc2c(=O)n(CCCCCC(=O)N3CCN(c4cccc(C)c4)C(C)C3)c(=O)[nH]c2c1. The fraction of sp³-hybridized carbons (Fsp3) is 0.429. The molecule has 9 heteroatoms. The van der Waals surface area contributed by atoms with Crippen molar-refractivity contribution in [2.75, 3.05) is 31.6 Å². The quantitative estimate of drug-likeness (QED) is 0.372. The molecule has 2 heterocycles. The number of benzene rings is 2. The molecule has 4 rings (SSSR count). The van der Waals surface area contributed by atoms with Crippen molar-refractivity contribution in [2.24, 2.45) is 0 Å². The second-order valence-electron chi connectivity index (χ2n) is 9.67. The summed E-state index contributed by atoms with van der Waals surface area (Å²) in [5, 5.41) is 0.335. The van der Waals surface area contributed by atoms with E-state index in [2.05, 4.69) is 52.7 Å². The minimum absolute atomic E-state index is 0.151. The zero-order valence-corrected chi connectivity index (χ0v) is 21.7. The van der Waals surface area contributed by atoms with Gasteiger partial charge in [0, 0.05) is 44.3 Å². The lowest BCUT2D eigenvalue weighted by Gasteiger charge is -2.41. The number of nitrogens with zero attached hydrogens (tertiary/aromatic N) is 3. The Bertz CT molecular complexity index is 1410. The number of esters is 1. The Hall–Kier alpha value is -3.88. The van der Waals surface area contributed by atoms with Crippen molar-refractivity contribution in [3.63, 3.8) is 0 Å². The third-order valence-corrected chi connectivity index (χ3v) is 6.99. The number of rotatable bonds is 8. The van der Waals surface area contributed by atoms with Crippen LogP contribution in [-0.2, 0) is 16.1 Å². The summed E-state index contributed by atoms with van der Waals surface area (Å²) < 4.78 is 5.86. The van der Waals surface area contributed by atoms with E-state index in [0.717, 1.165) is 13.0 Å². The van der Waals surface area contributed by atoms with Crippen molar-refractivity contribution in [1.29, 1.82) is 0 Å². The summed E-state index contributed by atoms with van der Waals surface area (Å²) in [6.07, 6.45) is 2.50. The van der Waals surface area contributed by atoms with Crippen molar-refractivity contribution >= 4 is 28.5 Å². The van der Waals surface area contributed by atoms with Gasteiger partial charge in [0.05, 0.1) is 23.6 Å². The van der Waals surface area contributed by atoms with Crippen molar-refractivity contribution in [3.05, 3.63) is 74.4 Å². The van der Waals surface area contributed by atoms with E-state index in [0.29, 0.717) is 43.3 Å². The van der Waals surface area contributed by atoms with Crippen LogP contribution in [0.5, 0.6) is 0 Å². The molecule has 0 radical (unpaired) electrons. The molecule has 9 nitrogen and oxygen atoms in total. The first-order valence-corrected chi connectivity index (χ1v) is 12.7. The lowest BCUT2D eigenvalue weighted by molar-refractivity contribution is -0.132. The highest BCUT2D eigenvalue weighted by Crippen LogP contribution is 2.22. The fourth-order valence-electron chi connectivity index (χ4n) is 4.96. The van der Waals surface area contributed by atoms with Gasteiger partial charge in [-0.1, -0.05) is 18.6 Å². The van der Waals surface area contributed by atoms with E-state index in [4.69, 9.17) is 0 Å². The molecule has 0 saturated carbocycles. The van der Waals surface area contributed by atoms with E-state index in [1.165, 1.54) is 41.1 Å². The van der Waals surface area contributed by atoms with Crippen LogP contribution in [0.15, 0.2) is 52.1 Å². The number of piperazine rings is 1. The predicted molar refractivity (Wildman–Crippen MR) is 143 cm³/mol. The summed E-state index contributed by atoms with van der Waals surface area (Å²) in [5.74, 6) is -0.387. The van der Waals surface area contributed by atoms with Gasteiger partial charge in [0.1, 0.15) is 0 Å². The number of carbonyl (C=O) groups is 2. The first-order chi connectivity index (χ1) is 17.8. The second kappa shape index (κ2) is 11.5. The normalized spacial score (nSPS) is 15.7. The first kappa shape index (κ1) is 26.2. The van der Waals surface area contributed by atoms with Crippen molar-refractivity contribution in [2.45, 2.75) is 52.1 Å². The van der Waals surface area contributed by atoms with E-state index >= 15 is 0 Å². The van der Waals surface area contributed by atoms with Gasteiger partial charge >= 0.3 is 11.7 Å². The number of carbonyl (C=O) groups excluding carboxylic acids is 2. The lowest BCUT2D eigenvalue weighted by atomic mass is 10.1. The van der Waals surface area contributed by atoms with Crippen LogP contribution < -0.4 is 16.1 Å². The molecule has 1 aromatic heterocycles. The molecule has 0 aliphatic carbocycles. The average Bonchev–Trinajstić information content (AvgIpc) is 2.89. The molecule has 3 aromatic rings. The number of nitrogens with one attached hydrogen (secondary N) is 1. The van der Waals surface area contributed by atoms with Crippen molar-refractivity contribution in [1.82, 2.24) is 14.5 Å². The van der Waals surface area contributed by atoms with Gasteiger partial charge in [-0.2, -0.15) is 0 Å². The minimum Gasteiger partial charge on any atom is -0.465 e. The average molecular weight is 507 g/mol. The number of fused-ring (bicyclic) bond motifs is 1. The molecule has 0 spiro atoms. The molecule has 1 aliphatic rings. The van der Waals surface area contributed by atoms with Gasteiger partial charge in [0.2, 0.25) is 5.91 Å². The highest BCUT2D eigenvalue weighted by molar-refractivity contribution is 5.93. The molecule has 196 valence electrons. The monoisotopic (exact) mass is 506 g/mol. The molecule has 0 bridgehead atoms. The van der Waals surface area contributed by atoms with Gasteiger partial charge in [-0.05, 0) is 62.6 Å². The number of amides is 1. The van der Waals surface area contributed by atoms with Gasteiger partial charge in [0.15, 0.2) is 0 Å². The fourth-order valence-corrected chi connectivity index (χ4v) is 4.96. The van der Waals surface area contributed by atoms with Crippen LogP contribution in [0.2, 0.25) is 0 Å². The second-order valence-corrected chi connectivity index (χ2v) is 9.67. The molecule has 1 amide bonds. The summed E-state index contributed by atoms with van der Waals surface area (Å²) in [5.41, 5.74) is 2.07. The topological polar surface area (TPSA) is 105 Å². The van der Waals surface area contributed by atoms with Gasteiger partial charge in [-0.15, -0.1) is 0 Å². The number of aromatic nitrogens is 2. The van der Waals surface area contributed by atoms with E-state index < -0.39 is 17.2 Å². The Balaban J connectivity index is 1.27. The van der Waals surface area contributed by atoms with Gasteiger partial charge in [-0.25, -0.2) is 9.59 Å². The Morgan fingerprint density at radius 3 is 2.59 bits per heavy atom. The summed E-state index contributed by atoms with van der Waals surface area (Å²) in [6, 6.07) is 13.2. The Kier molecular flexibility index (Phi) is 8.11. The molecular weight excluding hydrogens is 472 g/mol. The number of aryl methyl sites for hydroxylation is 1. The number of ether oxygens (including phenoxy) is 1. The maximum absolute atomic E-state index is 12.8. The van der Waals surface area contributed by atoms with Gasteiger partial charge in [0.25, 0.3) is 5.56 Å². The van der Waals surface area contributed by atoms with E-state index in [9.17, 15) is 19.2 Å². The van der Waals surface area contributed by atoms with Crippen LogP contribution >= 0.6 is 0 Å². The molecule has 37 heavy (non-hydrogen) atoms. The molecule has 1 atom stereocenters. The summed E-state index contributed by atoms with van der Waals surface area (Å²) >= 11 is 0. The number of H-pyrrole nitrogens is 1. The number of hydrogen-bond acceptors (Lipinski definition) is 6. The third kappa shape index (κ3) is 5.93. The van der Waals surface area contributed by atoms with Gasteiger partial charge in [-0.3, -0.25) is 14.2 Å². The summed E-state index contributed by atoms with van der Waals surface area (Å²) in [4.78, 5) is 56.8. The van der Waals surface area contributed by atoms with Crippen LogP contribution in [0.4, 0.5) is 5.69 Å². The maximum Gasteiger partial charge on any atom is 0.337 e. The zero-order chi connectivity index (χ0) is 26.5. The van der Waals surface area contributed by atoms with E-state index in [1.807, 2.05) is 4.90 Å². The van der Waals surface area contributed by atoms with Crippen molar-refractivity contribution in [3.8, 4) is 0 Å². The van der Waals surface area contributed by atoms with Crippen LogP contribution in [0.25, 0.3) is 10.9 Å². The van der Waals surface area contributed by atoms with Crippen LogP contribution in [0.3, 0.4) is 0 Å². The number of anilines is 1. The van der Waals surface area contributed by atoms with Crippen LogP contribution in [0.1, 0.15) is 48.5 Å². The van der Waals surface area contributed by atoms with Gasteiger partial charge < -0.3 is 19.5 Å². The predicted octanol–water partition coefficient (Wildman–Crippen LogP) is 3.08. The standard InChI is InChI=1S/C28H34N4O5/c1-19-8-7-9-22(16-19)31-15-14-30(18-20(31)2)25(33)10-5-4-6-13-32-26(34)23-12-11-21(27(35)37-3)17-24(23)29-28(32)36/h7-9,11-12,16-17,20H,4-6,10,13-15,18H2,1-3H3,(H,29,36). The minimum atomic E-state index is -0.538. The van der Waals surface area contributed by atoms with Crippen molar-refractivity contribution < 1.29 is 14.3 Å². The molecule has 1 N–H and O–H groups in total. The number of aromatic amines is 1. The number of methoxy groups -OCH3 is 1. The molecule has 1 saturated heterocycles. The molecule has 1 fully saturated rings. The van der Waals surface area contributed by atoms with E-state index in [1.54, 1.807) is 0 Å². The zero-order valence-electron chi connectivity index (χ0n) is 21.7. The van der Waals surface area contributed by atoms with Crippen LogP contribution in [-0.4, -0.2) is 59.1 Å². The molecule has 1 unspecified atom stereocenters. The highest BCUT2D eigenvalue weighted by Gasteiger charge is 2.26. The largest absolute Gasteiger partial charge is 0.465 e. The van der Waals surface area contributed by atoms with E-state index in [-0.39, 0.29) is 24.1 Å². The lowest BCUT2D eigenvalue weighted by Crippen LogP contribution is -2.53. The highest BCUT2D eigenvalue weighted by atomic mass is 16.5. The number of unbranched alkanes of at least 4 members (excludes halogenated alkanes) is 2. The smallest absolute Gasteiger partial charge is 0.337 e. The summed E-state index contributed by atoms with van der Waals surface area (Å²) in [7, 11) is 1.27. The third-order valence-electron chi connectivity index (χ3n) is 6.99. The van der Waals surface area contributed by atoms with Crippen LogP contribution in [0, 0.1) is 6.92 Å². The molecular formula is C28H34N4O5. The Morgan fingerprint density at radius 1 is 1.05 bits per heavy atom. The maximum atomic E-state index is 12.8. The first-order valence-electron chi connectivity index (χ1n) is 12.7. The Morgan fingerprint density at radius 2 is 1.86 bits per heavy atom.